The first-order chi connectivity index (χ1) is 7.27. The molecule has 86 valence electrons. The summed E-state index contributed by atoms with van der Waals surface area (Å²) < 4.78 is 5.31. The standard InChI is InChI=1S/C11H21N3O/c1-3-5-7-14(8-6-4-2)11-13-10(12)9-15-11/h9H,3-8,12H2,1-2H3. The van der Waals surface area contributed by atoms with Crippen LogP contribution >= 0.6 is 0 Å². The van der Waals surface area contributed by atoms with Crippen LogP contribution in [0.25, 0.3) is 0 Å². The number of rotatable bonds is 7. The molecule has 1 heterocycles. The number of hydrogen-bond donors (Lipinski definition) is 1. The van der Waals surface area contributed by atoms with E-state index in [9.17, 15) is 0 Å². The maximum absolute atomic E-state index is 5.54. The molecule has 0 aromatic carbocycles. The van der Waals surface area contributed by atoms with E-state index < -0.39 is 0 Å². The molecule has 4 nitrogen and oxygen atoms in total. The van der Waals surface area contributed by atoms with Crippen molar-refractivity contribution in [1.82, 2.24) is 4.98 Å². The van der Waals surface area contributed by atoms with Gasteiger partial charge in [-0.25, -0.2) is 0 Å². The summed E-state index contributed by atoms with van der Waals surface area (Å²) in [4.78, 5) is 6.32. The van der Waals surface area contributed by atoms with E-state index in [1.54, 1.807) is 0 Å². The number of nitrogen functional groups attached to an aromatic ring is 1. The summed E-state index contributed by atoms with van der Waals surface area (Å²) in [6, 6.07) is 0.661. The van der Waals surface area contributed by atoms with E-state index in [4.69, 9.17) is 10.2 Å². The first-order valence-corrected chi connectivity index (χ1v) is 5.73. The van der Waals surface area contributed by atoms with Gasteiger partial charge in [-0.2, -0.15) is 4.98 Å². The lowest BCUT2D eigenvalue weighted by molar-refractivity contribution is 0.522. The summed E-state index contributed by atoms with van der Waals surface area (Å²) in [5, 5.41) is 0. The van der Waals surface area contributed by atoms with Gasteiger partial charge in [-0.3, -0.25) is 0 Å². The molecule has 1 aromatic rings. The Bertz CT molecular complexity index is 265. The normalized spacial score (nSPS) is 10.5. The van der Waals surface area contributed by atoms with Crippen LogP contribution in [0, 0.1) is 0 Å². The van der Waals surface area contributed by atoms with E-state index in [1.165, 1.54) is 19.1 Å². The fraction of sp³-hybridized carbons (Fsp3) is 0.727. The number of hydrogen-bond acceptors (Lipinski definition) is 4. The van der Waals surface area contributed by atoms with E-state index in [2.05, 4.69) is 23.7 Å². The van der Waals surface area contributed by atoms with Gasteiger partial charge in [0.1, 0.15) is 6.26 Å². The number of nitrogens with zero attached hydrogens (tertiary/aromatic N) is 2. The van der Waals surface area contributed by atoms with E-state index >= 15 is 0 Å². The topological polar surface area (TPSA) is 55.3 Å². The molecule has 0 aliphatic carbocycles. The number of aromatic nitrogens is 1. The average Bonchev–Trinajstić information content (AvgIpc) is 2.65. The molecule has 0 atom stereocenters. The molecule has 1 aromatic heterocycles. The molecule has 0 fully saturated rings. The van der Waals surface area contributed by atoms with Crippen LogP contribution in [0.5, 0.6) is 0 Å². The largest absolute Gasteiger partial charge is 0.430 e. The zero-order chi connectivity index (χ0) is 11.1. The minimum absolute atomic E-state index is 0.461. The highest BCUT2D eigenvalue weighted by Crippen LogP contribution is 2.16. The van der Waals surface area contributed by atoms with Gasteiger partial charge in [-0.15, -0.1) is 0 Å². The van der Waals surface area contributed by atoms with Gasteiger partial charge in [0.15, 0.2) is 5.82 Å². The van der Waals surface area contributed by atoms with E-state index in [-0.39, 0.29) is 0 Å². The summed E-state index contributed by atoms with van der Waals surface area (Å²) in [6.45, 7) is 6.36. The summed E-state index contributed by atoms with van der Waals surface area (Å²) in [7, 11) is 0. The molecule has 0 amide bonds. The number of unbranched alkanes of at least 4 members (excludes halogenated alkanes) is 2. The minimum Gasteiger partial charge on any atom is -0.430 e. The molecule has 0 aliphatic rings. The summed E-state index contributed by atoms with van der Waals surface area (Å²) in [5.74, 6) is 0.461. The zero-order valence-electron chi connectivity index (χ0n) is 9.70. The van der Waals surface area contributed by atoms with Crippen molar-refractivity contribution in [3.05, 3.63) is 6.26 Å². The molecule has 0 aliphatic heterocycles. The molecule has 15 heavy (non-hydrogen) atoms. The highest BCUT2D eigenvalue weighted by Gasteiger charge is 2.10. The first kappa shape index (κ1) is 11.9. The Kier molecular flexibility index (Phi) is 5.01. The van der Waals surface area contributed by atoms with Crippen molar-refractivity contribution in [3.63, 3.8) is 0 Å². The first-order valence-electron chi connectivity index (χ1n) is 5.73. The maximum Gasteiger partial charge on any atom is 0.299 e. The lowest BCUT2D eigenvalue weighted by Crippen LogP contribution is -2.25. The smallest absolute Gasteiger partial charge is 0.299 e. The third kappa shape index (κ3) is 3.81. The SMILES string of the molecule is CCCCN(CCCC)c1nc(N)co1. The van der Waals surface area contributed by atoms with Crippen LogP contribution in [-0.4, -0.2) is 18.1 Å². The minimum atomic E-state index is 0.461. The van der Waals surface area contributed by atoms with Gasteiger partial charge in [-0.1, -0.05) is 26.7 Å². The second-order valence-electron chi connectivity index (χ2n) is 3.75. The summed E-state index contributed by atoms with van der Waals surface area (Å²) >= 11 is 0. The molecule has 0 bridgehead atoms. The van der Waals surface area contributed by atoms with E-state index in [0.29, 0.717) is 11.8 Å². The van der Waals surface area contributed by atoms with Gasteiger partial charge in [0.2, 0.25) is 0 Å². The van der Waals surface area contributed by atoms with Crippen LogP contribution in [0.3, 0.4) is 0 Å². The Balaban J connectivity index is 2.54. The number of nitrogens with two attached hydrogens (primary N) is 1. The van der Waals surface area contributed by atoms with Crippen LogP contribution in [0.2, 0.25) is 0 Å². The molecular formula is C11H21N3O. The maximum atomic E-state index is 5.54. The highest BCUT2D eigenvalue weighted by atomic mass is 16.4. The summed E-state index contributed by atoms with van der Waals surface area (Å²) in [6.07, 6.45) is 6.18. The van der Waals surface area contributed by atoms with Gasteiger partial charge in [-0.05, 0) is 12.8 Å². The van der Waals surface area contributed by atoms with Crippen LogP contribution in [-0.2, 0) is 0 Å². The van der Waals surface area contributed by atoms with Crippen LogP contribution in [0.15, 0.2) is 10.7 Å². The van der Waals surface area contributed by atoms with Crippen molar-refractivity contribution in [2.24, 2.45) is 0 Å². The monoisotopic (exact) mass is 211 g/mol. The van der Waals surface area contributed by atoms with Gasteiger partial charge in [0.05, 0.1) is 0 Å². The van der Waals surface area contributed by atoms with Gasteiger partial charge >= 0.3 is 0 Å². The number of anilines is 2. The van der Waals surface area contributed by atoms with Crippen molar-refractivity contribution in [3.8, 4) is 0 Å². The average molecular weight is 211 g/mol. The third-order valence-corrected chi connectivity index (χ3v) is 2.34. The molecular weight excluding hydrogens is 190 g/mol. The zero-order valence-corrected chi connectivity index (χ0v) is 9.70. The van der Waals surface area contributed by atoms with Crippen molar-refractivity contribution in [2.75, 3.05) is 23.7 Å². The van der Waals surface area contributed by atoms with Gasteiger partial charge < -0.3 is 15.1 Å². The Hall–Kier alpha value is -1.19. The number of oxazole rings is 1. The molecule has 0 saturated heterocycles. The Labute approximate surface area is 91.5 Å². The van der Waals surface area contributed by atoms with Crippen LogP contribution < -0.4 is 10.6 Å². The molecule has 0 radical (unpaired) electrons. The fourth-order valence-corrected chi connectivity index (χ4v) is 1.42. The molecule has 0 unspecified atom stereocenters. The second-order valence-corrected chi connectivity index (χ2v) is 3.75. The predicted molar refractivity (Wildman–Crippen MR) is 62.9 cm³/mol. The Morgan fingerprint density at radius 3 is 2.27 bits per heavy atom. The second kappa shape index (κ2) is 6.32. The lowest BCUT2D eigenvalue weighted by Gasteiger charge is -2.19. The molecule has 0 saturated carbocycles. The molecule has 2 N–H and O–H groups in total. The Morgan fingerprint density at radius 1 is 1.27 bits per heavy atom. The van der Waals surface area contributed by atoms with Crippen molar-refractivity contribution in [1.29, 1.82) is 0 Å². The van der Waals surface area contributed by atoms with Crippen LogP contribution in [0.4, 0.5) is 11.8 Å². The van der Waals surface area contributed by atoms with Gasteiger partial charge in [0, 0.05) is 13.1 Å². The molecule has 1 rings (SSSR count). The van der Waals surface area contributed by atoms with Crippen LogP contribution in [0.1, 0.15) is 39.5 Å². The quantitative estimate of drug-likeness (QED) is 0.753. The highest BCUT2D eigenvalue weighted by molar-refractivity contribution is 5.35. The molecule has 4 heteroatoms. The fourth-order valence-electron chi connectivity index (χ4n) is 1.42. The van der Waals surface area contributed by atoms with Crippen molar-refractivity contribution >= 4 is 11.8 Å². The van der Waals surface area contributed by atoms with Gasteiger partial charge in [0.25, 0.3) is 6.01 Å². The predicted octanol–water partition coefficient (Wildman–Crippen LogP) is 2.66. The third-order valence-electron chi connectivity index (χ3n) is 2.34. The molecule has 0 spiro atoms. The van der Waals surface area contributed by atoms with Crippen molar-refractivity contribution < 1.29 is 4.42 Å². The van der Waals surface area contributed by atoms with Crippen molar-refractivity contribution in [2.45, 2.75) is 39.5 Å². The van der Waals surface area contributed by atoms with E-state index in [0.717, 1.165) is 25.9 Å². The Morgan fingerprint density at radius 2 is 1.87 bits per heavy atom. The van der Waals surface area contributed by atoms with E-state index in [1.807, 2.05) is 0 Å². The lowest BCUT2D eigenvalue weighted by atomic mass is 10.3. The summed E-state index contributed by atoms with van der Waals surface area (Å²) in [5.41, 5.74) is 5.54.